The van der Waals surface area contributed by atoms with Crippen LogP contribution >= 0.6 is 15.9 Å². The van der Waals surface area contributed by atoms with Crippen LogP contribution in [-0.4, -0.2) is 23.1 Å². The van der Waals surface area contributed by atoms with E-state index in [0.29, 0.717) is 6.54 Å². The zero-order valence-corrected chi connectivity index (χ0v) is 12.8. The molecular formula is C15H17BrN4. The number of rotatable bonds is 4. The van der Waals surface area contributed by atoms with Crippen LogP contribution in [0.5, 0.6) is 0 Å². The number of hydrogen-bond donors (Lipinski definition) is 1. The number of pyridine rings is 2. The van der Waals surface area contributed by atoms with E-state index in [1.54, 1.807) is 0 Å². The highest BCUT2D eigenvalue weighted by molar-refractivity contribution is 9.10. The summed E-state index contributed by atoms with van der Waals surface area (Å²) in [5, 5.41) is 3.44. The van der Waals surface area contributed by atoms with Crippen molar-refractivity contribution in [1.82, 2.24) is 9.97 Å². The lowest BCUT2D eigenvalue weighted by molar-refractivity contribution is 0.932. The van der Waals surface area contributed by atoms with Crippen molar-refractivity contribution in [3.63, 3.8) is 0 Å². The van der Waals surface area contributed by atoms with Gasteiger partial charge in [-0.2, -0.15) is 0 Å². The van der Waals surface area contributed by atoms with Gasteiger partial charge in [0.2, 0.25) is 0 Å². The van der Waals surface area contributed by atoms with Gasteiger partial charge in [0, 0.05) is 30.0 Å². The van der Waals surface area contributed by atoms with E-state index in [1.165, 1.54) is 12.8 Å². The Morgan fingerprint density at radius 1 is 1.15 bits per heavy atom. The zero-order valence-electron chi connectivity index (χ0n) is 11.2. The predicted molar refractivity (Wildman–Crippen MR) is 84.9 cm³/mol. The lowest BCUT2D eigenvalue weighted by Gasteiger charge is -2.20. The van der Waals surface area contributed by atoms with Gasteiger partial charge in [0.15, 0.2) is 5.82 Å². The van der Waals surface area contributed by atoms with Crippen LogP contribution in [0, 0.1) is 0 Å². The maximum Gasteiger partial charge on any atom is 0.151 e. The van der Waals surface area contributed by atoms with E-state index in [-0.39, 0.29) is 0 Å². The van der Waals surface area contributed by atoms with E-state index in [1.807, 2.05) is 30.6 Å². The first-order valence-electron chi connectivity index (χ1n) is 6.87. The summed E-state index contributed by atoms with van der Waals surface area (Å²) in [7, 11) is 0. The van der Waals surface area contributed by atoms with Crippen LogP contribution in [0.15, 0.2) is 41.1 Å². The molecule has 3 rings (SSSR count). The summed E-state index contributed by atoms with van der Waals surface area (Å²) in [6, 6.07) is 8.08. The fraction of sp³-hybridized carbons (Fsp3) is 0.333. The third kappa shape index (κ3) is 3.10. The minimum atomic E-state index is 0.708. The molecule has 0 saturated carbocycles. The Morgan fingerprint density at radius 3 is 2.75 bits per heavy atom. The summed E-state index contributed by atoms with van der Waals surface area (Å²) < 4.78 is 1.00. The van der Waals surface area contributed by atoms with Crippen LogP contribution in [0.4, 0.5) is 11.5 Å². The molecule has 1 fully saturated rings. The lowest BCUT2D eigenvalue weighted by Crippen LogP contribution is -2.20. The van der Waals surface area contributed by atoms with Gasteiger partial charge in [-0.25, -0.2) is 4.98 Å². The van der Waals surface area contributed by atoms with E-state index >= 15 is 0 Å². The molecule has 5 heteroatoms. The normalized spacial score (nSPS) is 14.6. The molecule has 20 heavy (non-hydrogen) atoms. The summed E-state index contributed by atoms with van der Waals surface area (Å²) in [5.41, 5.74) is 2.10. The van der Waals surface area contributed by atoms with Gasteiger partial charge in [0.25, 0.3) is 0 Å². The topological polar surface area (TPSA) is 41.1 Å². The van der Waals surface area contributed by atoms with Crippen molar-refractivity contribution >= 4 is 27.4 Å². The molecule has 1 aliphatic heterocycles. The fourth-order valence-electron chi connectivity index (χ4n) is 2.41. The minimum Gasteiger partial charge on any atom is -0.376 e. The lowest BCUT2D eigenvalue weighted by atomic mass is 10.3. The highest BCUT2D eigenvalue weighted by atomic mass is 79.9. The molecule has 2 aromatic heterocycles. The average molecular weight is 333 g/mol. The van der Waals surface area contributed by atoms with Crippen molar-refractivity contribution in [2.24, 2.45) is 0 Å². The van der Waals surface area contributed by atoms with Crippen molar-refractivity contribution in [3.05, 3.63) is 46.8 Å². The van der Waals surface area contributed by atoms with Gasteiger partial charge < -0.3 is 10.2 Å². The van der Waals surface area contributed by atoms with Crippen LogP contribution in [-0.2, 0) is 6.54 Å². The molecule has 3 heterocycles. The van der Waals surface area contributed by atoms with Crippen LogP contribution in [0.1, 0.15) is 18.5 Å². The second-order valence-corrected chi connectivity index (χ2v) is 5.81. The molecule has 2 aromatic rings. The van der Waals surface area contributed by atoms with Gasteiger partial charge >= 0.3 is 0 Å². The number of hydrogen-bond acceptors (Lipinski definition) is 4. The van der Waals surface area contributed by atoms with Gasteiger partial charge in [-0.05, 0) is 53.0 Å². The van der Waals surface area contributed by atoms with Gasteiger partial charge in [0.1, 0.15) is 0 Å². The molecule has 0 aliphatic carbocycles. The number of halogens is 1. The molecule has 1 saturated heterocycles. The molecule has 1 aliphatic rings. The summed E-state index contributed by atoms with van der Waals surface area (Å²) in [6.45, 7) is 2.91. The predicted octanol–water partition coefficient (Wildman–Crippen LogP) is 3.45. The van der Waals surface area contributed by atoms with Gasteiger partial charge in [-0.1, -0.05) is 0 Å². The molecule has 0 amide bonds. The maximum absolute atomic E-state index is 4.52. The summed E-state index contributed by atoms with van der Waals surface area (Å²) in [6.07, 6.45) is 6.19. The molecule has 0 unspecified atom stereocenters. The second-order valence-electron chi connectivity index (χ2n) is 4.89. The van der Waals surface area contributed by atoms with Crippen molar-refractivity contribution in [3.8, 4) is 0 Å². The first-order chi connectivity index (χ1) is 9.83. The Bertz CT molecular complexity index is 564. The van der Waals surface area contributed by atoms with Gasteiger partial charge in [-0.3, -0.25) is 4.98 Å². The molecule has 0 bridgehead atoms. The van der Waals surface area contributed by atoms with Crippen LogP contribution in [0.3, 0.4) is 0 Å². The monoisotopic (exact) mass is 332 g/mol. The van der Waals surface area contributed by atoms with Gasteiger partial charge in [0.05, 0.1) is 17.9 Å². The average Bonchev–Trinajstić information content (AvgIpc) is 3.01. The number of aromatic nitrogens is 2. The Morgan fingerprint density at radius 2 is 2.00 bits per heavy atom. The summed E-state index contributed by atoms with van der Waals surface area (Å²) in [4.78, 5) is 11.2. The van der Waals surface area contributed by atoms with E-state index in [2.05, 4.69) is 42.2 Å². The van der Waals surface area contributed by atoms with Crippen molar-refractivity contribution in [2.45, 2.75) is 19.4 Å². The van der Waals surface area contributed by atoms with Crippen LogP contribution in [0.25, 0.3) is 0 Å². The first-order valence-corrected chi connectivity index (χ1v) is 7.66. The highest BCUT2D eigenvalue weighted by Crippen LogP contribution is 2.26. The second kappa shape index (κ2) is 6.22. The zero-order chi connectivity index (χ0) is 13.8. The molecule has 1 N–H and O–H groups in total. The molecule has 4 nitrogen and oxygen atoms in total. The third-order valence-electron chi connectivity index (χ3n) is 3.44. The van der Waals surface area contributed by atoms with E-state index < -0.39 is 0 Å². The number of anilines is 2. The van der Waals surface area contributed by atoms with E-state index in [9.17, 15) is 0 Å². The highest BCUT2D eigenvalue weighted by Gasteiger charge is 2.16. The Labute approximate surface area is 127 Å². The molecule has 0 atom stereocenters. The van der Waals surface area contributed by atoms with E-state index in [0.717, 1.165) is 34.8 Å². The standard InChI is InChI=1S/C15H17BrN4/c16-12-5-6-13(18-10-12)11-19-14-4-3-7-17-15(14)20-8-1-2-9-20/h3-7,10,19H,1-2,8-9,11H2. The first kappa shape index (κ1) is 13.4. The minimum absolute atomic E-state index is 0.708. The molecular weight excluding hydrogens is 316 g/mol. The van der Waals surface area contributed by atoms with Crippen LogP contribution < -0.4 is 10.2 Å². The Hall–Kier alpha value is -1.62. The SMILES string of the molecule is Brc1ccc(CNc2cccnc2N2CCCC2)nc1. The summed E-state index contributed by atoms with van der Waals surface area (Å²) >= 11 is 3.40. The van der Waals surface area contributed by atoms with Crippen molar-refractivity contribution in [1.29, 1.82) is 0 Å². The largest absolute Gasteiger partial charge is 0.376 e. The smallest absolute Gasteiger partial charge is 0.151 e. The summed E-state index contributed by atoms with van der Waals surface area (Å²) in [5.74, 6) is 1.06. The maximum atomic E-state index is 4.52. The van der Waals surface area contributed by atoms with Crippen molar-refractivity contribution < 1.29 is 0 Å². The molecule has 0 radical (unpaired) electrons. The Kier molecular flexibility index (Phi) is 4.16. The van der Waals surface area contributed by atoms with E-state index in [4.69, 9.17) is 0 Å². The van der Waals surface area contributed by atoms with Gasteiger partial charge in [-0.15, -0.1) is 0 Å². The quantitative estimate of drug-likeness (QED) is 0.930. The Balaban J connectivity index is 1.72. The fourth-order valence-corrected chi connectivity index (χ4v) is 2.65. The third-order valence-corrected chi connectivity index (χ3v) is 3.91. The molecule has 0 spiro atoms. The number of nitrogens with zero attached hydrogens (tertiary/aromatic N) is 3. The van der Waals surface area contributed by atoms with Crippen LogP contribution in [0.2, 0.25) is 0 Å². The number of nitrogens with one attached hydrogen (secondary N) is 1. The molecule has 0 aromatic carbocycles. The molecule has 104 valence electrons. The van der Waals surface area contributed by atoms with Crippen molar-refractivity contribution in [2.75, 3.05) is 23.3 Å².